The Morgan fingerprint density at radius 3 is 3.50 bits per heavy atom. The maximum Gasteiger partial charge on any atom is 0.129 e. The first kappa shape index (κ1) is 7.59. The summed E-state index contributed by atoms with van der Waals surface area (Å²) >= 11 is 0. The number of pyridine rings is 1. The van der Waals surface area contributed by atoms with Crippen molar-refractivity contribution in [3.63, 3.8) is 0 Å². The average molecular weight is 164 g/mol. The second-order valence-electron chi connectivity index (χ2n) is 3.30. The molecule has 0 saturated heterocycles. The van der Waals surface area contributed by atoms with Crippen molar-refractivity contribution in [3.8, 4) is 0 Å². The summed E-state index contributed by atoms with van der Waals surface area (Å²) in [6.45, 7) is 2.21. The van der Waals surface area contributed by atoms with E-state index in [9.17, 15) is 0 Å². The summed E-state index contributed by atoms with van der Waals surface area (Å²) in [4.78, 5) is 4.31. The van der Waals surface area contributed by atoms with Crippen molar-refractivity contribution in [1.82, 2.24) is 4.98 Å². The van der Waals surface area contributed by atoms with Crippen LogP contribution < -0.4 is 5.32 Å². The third kappa shape index (κ3) is 1.29. The van der Waals surface area contributed by atoms with Gasteiger partial charge in [-0.2, -0.15) is 0 Å². The predicted molar refractivity (Wildman–Crippen MR) is 52.4 cm³/mol. The quantitative estimate of drug-likeness (QED) is 0.689. The number of fused-ring (bicyclic) bond motifs is 1. The molecule has 0 aromatic carbocycles. The minimum absolute atomic E-state index is 0. The summed E-state index contributed by atoms with van der Waals surface area (Å²) in [5.41, 5.74) is 1.36. The van der Waals surface area contributed by atoms with Crippen molar-refractivity contribution in [2.75, 3.05) is 5.32 Å². The van der Waals surface area contributed by atoms with Crippen LogP contribution in [0.5, 0.6) is 0 Å². The molecule has 0 bridgehead atoms. The predicted octanol–water partition coefficient (Wildman–Crippen LogP) is 2.46. The summed E-state index contributed by atoms with van der Waals surface area (Å²) < 4.78 is 0. The van der Waals surface area contributed by atoms with Gasteiger partial charge in [-0.05, 0) is 30.9 Å². The Labute approximate surface area is 74.5 Å². The molecule has 1 aromatic rings. The van der Waals surface area contributed by atoms with Gasteiger partial charge >= 0.3 is 0 Å². The number of rotatable bonds is 1. The molecule has 2 heteroatoms. The fourth-order valence-electron chi connectivity index (χ4n) is 1.67. The maximum atomic E-state index is 4.31. The number of aryl methyl sites for hydroxylation is 1. The van der Waals surface area contributed by atoms with Gasteiger partial charge < -0.3 is 5.32 Å². The number of anilines is 1. The normalized spacial score (nSPS) is 21.2. The van der Waals surface area contributed by atoms with E-state index in [2.05, 4.69) is 23.3 Å². The van der Waals surface area contributed by atoms with Gasteiger partial charge in [0, 0.05) is 13.7 Å². The largest absolute Gasteiger partial charge is 0.367 e. The Morgan fingerprint density at radius 1 is 1.75 bits per heavy atom. The maximum absolute atomic E-state index is 4.31. The van der Waals surface area contributed by atoms with Gasteiger partial charge in [-0.15, -0.1) is 0 Å². The average Bonchev–Trinajstić information content (AvgIpc) is 2.17. The van der Waals surface area contributed by atoms with Crippen LogP contribution in [-0.2, 0) is 6.42 Å². The zero-order chi connectivity index (χ0) is 8.39. The topological polar surface area (TPSA) is 24.9 Å². The van der Waals surface area contributed by atoms with E-state index in [1.165, 1.54) is 24.8 Å². The molecule has 0 radical (unpaired) electrons. The molecule has 0 saturated carbocycles. The minimum atomic E-state index is 0. The first-order valence-electron chi connectivity index (χ1n) is 4.60. The van der Waals surface area contributed by atoms with Gasteiger partial charge in [-0.3, -0.25) is 0 Å². The molecule has 0 spiro atoms. The molecule has 2 heterocycles. The highest BCUT2D eigenvalue weighted by Gasteiger charge is 2.15. The standard InChI is InChI=1S/C10H14N2.H2/c1-2-9-6-5-8-4-3-7-11-10(8)12-9;/h3-4,7,9H,2,5-6H2,1H3,(H,11,12);1H/t9-;/m0./s1. The SMILES string of the molecule is CC[C@H]1CCc2cccnc2N1.[HH]. The molecule has 0 amide bonds. The Kier molecular flexibility index (Phi) is 1.98. The smallest absolute Gasteiger partial charge is 0.129 e. The lowest BCUT2D eigenvalue weighted by Crippen LogP contribution is -2.25. The molecule has 1 aliphatic heterocycles. The van der Waals surface area contributed by atoms with Crippen molar-refractivity contribution >= 4 is 5.82 Å². The summed E-state index contributed by atoms with van der Waals surface area (Å²) in [5.74, 6) is 1.09. The van der Waals surface area contributed by atoms with E-state index in [4.69, 9.17) is 0 Å². The number of hydrogen-bond donors (Lipinski definition) is 1. The molecule has 66 valence electrons. The van der Waals surface area contributed by atoms with E-state index in [0.717, 1.165) is 5.82 Å². The molecular formula is C10H16N2. The molecule has 0 unspecified atom stereocenters. The second kappa shape index (κ2) is 3.13. The zero-order valence-corrected chi connectivity index (χ0v) is 7.38. The molecule has 1 aliphatic rings. The fraction of sp³-hybridized carbons (Fsp3) is 0.500. The van der Waals surface area contributed by atoms with Crippen LogP contribution in [0.15, 0.2) is 18.3 Å². The molecule has 0 fully saturated rings. The van der Waals surface area contributed by atoms with Crippen LogP contribution >= 0.6 is 0 Å². The van der Waals surface area contributed by atoms with E-state index >= 15 is 0 Å². The van der Waals surface area contributed by atoms with E-state index in [1.54, 1.807) is 0 Å². The number of hydrogen-bond acceptors (Lipinski definition) is 2. The molecule has 2 rings (SSSR count). The van der Waals surface area contributed by atoms with Crippen LogP contribution in [0.1, 0.15) is 26.8 Å². The highest BCUT2D eigenvalue weighted by atomic mass is 15.0. The van der Waals surface area contributed by atoms with E-state index in [1.807, 2.05) is 12.3 Å². The molecule has 0 aliphatic carbocycles. The van der Waals surface area contributed by atoms with Gasteiger partial charge in [0.05, 0.1) is 0 Å². The van der Waals surface area contributed by atoms with E-state index < -0.39 is 0 Å². The lowest BCUT2D eigenvalue weighted by Gasteiger charge is -2.24. The van der Waals surface area contributed by atoms with Crippen LogP contribution in [0.3, 0.4) is 0 Å². The number of aromatic nitrogens is 1. The van der Waals surface area contributed by atoms with Crippen LogP contribution in [0.25, 0.3) is 0 Å². The summed E-state index contributed by atoms with van der Waals surface area (Å²) in [7, 11) is 0. The van der Waals surface area contributed by atoms with E-state index in [0.29, 0.717) is 6.04 Å². The van der Waals surface area contributed by atoms with Gasteiger partial charge in [0.2, 0.25) is 0 Å². The minimum Gasteiger partial charge on any atom is -0.367 e. The molecule has 1 N–H and O–H groups in total. The number of nitrogens with zero attached hydrogens (tertiary/aromatic N) is 1. The van der Waals surface area contributed by atoms with Crippen LogP contribution in [0.4, 0.5) is 5.82 Å². The summed E-state index contributed by atoms with van der Waals surface area (Å²) in [6.07, 6.45) is 5.46. The lowest BCUT2D eigenvalue weighted by atomic mass is 10.00. The highest BCUT2D eigenvalue weighted by molar-refractivity contribution is 5.46. The third-order valence-corrected chi connectivity index (χ3v) is 2.49. The van der Waals surface area contributed by atoms with Gasteiger partial charge in [0.25, 0.3) is 0 Å². The van der Waals surface area contributed by atoms with Crippen molar-refractivity contribution in [2.24, 2.45) is 0 Å². The van der Waals surface area contributed by atoms with Crippen LogP contribution in [0, 0.1) is 0 Å². The van der Waals surface area contributed by atoms with Gasteiger partial charge in [-0.25, -0.2) is 4.98 Å². The highest BCUT2D eigenvalue weighted by Crippen LogP contribution is 2.22. The Morgan fingerprint density at radius 2 is 2.67 bits per heavy atom. The van der Waals surface area contributed by atoms with Crippen molar-refractivity contribution in [3.05, 3.63) is 23.9 Å². The van der Waals surface area contributed by atoms with Gasteiger partial charge in [-0.1, -0.05) is 13.0 Å². The van der Waals surface area contributed by atoms with Crippen molar-refractivity contribution in [1.29, 1.82) is 0 Å². The molecule has 1 aromatic heterocycles. The first-order valence-corrected chi connectivity index (χ1v) is 4.60. The van der Waals surface area contributed by atoms with Gasteiger partial charge in [0.15, 0.2) is 0 Å². The Balaban J connectivity index is 0.000000845. The zero-order valence-electron chi connectivity index (χ0n) is 7.38. The number of nitrogens with one attached hydrogen (secondary N) is 1. The monoisotopic (exact) mass is 164 g/mol. The molecule has 12 heavy (non-hydrogen) atoms. The fourth-order valence-corrected chi connectivity index (χ4v) is 1.67. The van der Waals surface area contributed by atoms with Crippen molar-refractivity contribution < 1.29 is 1.43 Å². The lowest BCUT2D eigenvalue weighted by molar-refractivity contribution is 0.609. The van der Waals surface area contributed by atoms with Crippen LogP contribution in [0.2, 0.25) is 0 Å². The molecular weight excluding hydrogens is 148 g/mol. The second-order valence-corrected chi connectivity index (χ2v) is 3.30. The van der Waals surface area contributed by atoms with Crippen LogP contribution in [-0.4, -0.2) is 11.0 Å². The Hall–Kier alpha value is -1.05. The summed E-state index contributed by atoms with van der Waals surface area (Å²) in [6, 6.07) is 4.79. The van der Waals surface area contributed by atoms with Gasteiger partial charge in [0.1, 0.15) is 5.82 Å². The van der Waals surface area contributed by atoms with Crippen molar-refractivity contribution in [2.45, 2.75) is 32.2 Å². The molecule has 2 nitrogen and oxygen atoms in total. The molecule has 1 atom stereocenters. The van der Waals surface area contributed by atoms with E-state index in [-0.39, 0.29) is 1.43 Å². The summed E-state index contributed by atoms with van der Waals surface area (Å²) in [5, 5.41) is 3.44. The third-order valence-electron chi connectivity index (χ3n) is 2.49. The Bertz CT molecular complexity index is 275. The first-order chi connectivity index (χ1) is 5.90.